The molecule has 120 valence electrons. The molecule has 1 aromatic heterocycles. The molecule has 0 aliphatic carbocycles. The number of rotatable bonds is 3. The molecule has 1 fully saturated rings. The standard InChI is InChI=1S/C17H20N4O2/c1-12-5-6-14(15(22)10-12)20-16(23)13-4-2-9-21(11-13)17-18-7-3-8-19-17/h3,5-8,10,13,22H,2,4,9,11H2,1H3,(H,20,23). The van der Waals surface area contributed by atoms with Crippen LogP contribution in [0.15, 0.2) is 36.7 Å². The number of hydrogen-bond donors (Lipinski definition) is 2. The minimum Gasteiger partial charge on any atom is -0.506 e. The summed E-state index contributed by atoms with van der Waals surface area (Å²) in [6.45, 7) is 3.33. The molecule has 2 N–H and O–H groups in total. The van der Waals surface area contributed by atoms with Crippen molar-refractivity contribution < 1.29 is 9.90 Å². The van der Waals surface area contributed by atoms with Gasteiger partial charge in [-0.05, 0) is 43.5 Å². The molecule has 1 amide bonds. The maximum atomic E-state index is 12.5. The molecule has 1 aromatic carbocycles. The van der Waals surface area contributed by atoms with Crippen LogP contribution in [0.4, 0.5) is 11.6 Å². The van der Waals surface area contributed by atoms with Gasteiger partial charge in [0.25, 0.3) is 0 Å². The third-order valence-corrected chi connectivity index (χ3v) is 4.04. The van der Waals surface area contributed by atoms with Gasteiger partial charge in [0, 0.05) is 25.5 Å². The Bertz CT molecular complexity index is 690. The predicted octanol–water partition coefficient (Wildman–Crippen LogP) is 2.35. The number of carbonyl (C=O) groups is 1. The van der Waals surface area contributed by atoms with E-state index in [0.717, 1.165) is 24.9 Å². The molecule has 23 heavy (non-hydrogen) atoms. The number of benzene rings is 1. The Morgan fingerprint density at radius 2 is 2.13 bits per heavy atom. The molecule has 0 radical (unpaired) electrons. The summed E-state index contributed by atoms with van der Waals surface area (Å²) < 4.78 is 0. The average molecular weight is 312 g/mol. The van der Waals surface area contributed by atoms with Gasteiger partial charge in [-0.1, -0.05) is 6.07 Å². The van der Waals surface area contributed by atoms with Crippen LogP contribution >= 0.6 is 0 Å². The second kappa shape index (κ2) is 6.64. The number of carbonyl (C=O) groups excluding carboxylic acids is 1. The van der Waals surface area contributed by atoms with Gasteiger partial charge in [-0.2, -0.15) is 0 Å². The number of phenolic OH excluding ortho intramolecular Hbond substituents is 1. The van der Waals surface area contributed by atoms with E-state index in [1.807, 2.05) is 17.9 Å². The van der Waals surface area contributed by atoms with Crippen molar-refractivity contribution in [3.8, 4) is 5.75 Å². The number of nitrogens with zero attached hydrogens (tertiary/aromatic N) is 3. The van der Waals surface area contributed by atoms with Crippen molar-refractivity contribution in [1.29, 1.82) is 0 Å². The van der Waals surface area contributed by atoms with E-state index in [4.69, 9.17) is 0 Å². The molecular weight excluding hydrogens is 292 g/mol. The molecule has 2 aromatic rings. The van der Waals surface area contributed by atoms with Crippen molar-refractivity contribution in [1.82, 2.24) is 9.97 Å². The van der Waals surface area contributed by atoms with E-state index < -0.39 is 0 Å². The van der Waals surface area contributed by atoms with Gasteiger partial charge < -0.3 is 15.3 Å². The molecule has 1 saturated heterocycles. The lowest BCUT2D eigenvalue weighted by Gasteiger charge is -2.31. The summed E-state index contributed by atoms with van der Waals surface area (Å²) in [4.78, 5) is 23.0. The summed E-state index contributed by atoms with van der Waals surface area (Å²) >= 11 is 0. The van der Waals surface area contributed by atoms with E-state index >= 15 is 0 Å². The first kappa shape index (κ1) is 15.3. The molecule has 2 heterocycles. The first-order chi connectivity index (χ1) is 11.1. The second-order valence-corrected chi connectivity index (χ2v) is 5.84. The Morgan fingerprint density at radius 3 is 2.87 bits per heavy atom. The summed E-state index contributed by atoms with van der Waals surface area (Å²) in [5, 5.41) is 12.7. The zero-order valence-corrected chi connectivity index (χ0v) is 13.1. The molecule has 0 saturated carbocycles. The Balaban J connectivity index is 1.67. The molecule has 0 spiro atoms. The average Bonchev–Trinajstić information content (AvgIpc) is 2.58. The van der Waals surface area contributed by atoms with Crippen LogP contribution in [0.25, 0.3) is 0 Å². The molecule has 1 aliphatic rings. The van der Waals surface area contributed by atoms with Crippen LogP contribution in [0.5, 0.6) is 5.75 Å². The largest absolute Gasteiger partial charge is 0.506 e. The van der Waals surface area contributed by atoms with Gasteiger partial charge in [-0.3, -0.25) is 4.79 Å². The lowest BCUT2D eigenvalue weighted by Crippen LogP contribution is -2.41. The fraction of sp³-hybridized carbons (Fsp3) is 0.353. The highest BCUT2D eigenvalue weighted by Gasteiger charge is 2.27. The monoisotopic (exact) mass is 312 g/mol. The van der Waals surface area contributed by atoms with Gasteiger partial charge in [-0.25, -0.2) is 9.97 Å². The Morgan fingerprint density at radius 1 is 1.35 bits per heavy atom. The van der Waals surface area contributed by atoms with Crippen LogP contribution in [0.3, 0.4) is 0 Å². The lowest BCUT2D eigenvalue weighted by molar-refractivity contribution is -0.120. The van der Waals surface area contributed by atoms with Crippen LogP contribution in [0.1, 0.15) is 18.4 Å². The highest BCUT2D eigenvalue weighted by atomic mass is 16.3. The number of aryl methyl sites for hydroxylation is 1. The summed E-state index contributed by atoms with van der Waals surface area (Å²) in [7, 11) is 0. The fourth-order valence-corrected chi connectivity index (χ4v) is 2.81. The number of piperidine rings is 1. The van der Waals surface area contributed by atoms with Gasteiger partial charge >= 0.3 is 0 Å². The molecule has 1 aliphatic heterocycles. The van der Waals surface area contributed by atoms with E-state index in [9.17, 15) is 9.90 Å². The predicted molar refractivity (Wildman–Crippen MR) is 88.4 cm³/mol. The van der Waals surface area contributed by atoms with Gasteiger partial charge in [0.05, 0.1) is 11.6 Å². The van der Waals surface area contributed by atoms with E-state index in [1.165, 1.54) is 0 Å². The van der Waals surface area contributed by atoms with E-state index in [-0.39, 0.29) is 17.6 Å². The molecule has 6 heteroatoms. The highest BCUT2D eigenvalue weighted by Crippen LogP contribution is 2.26. The first-order valence-electron chi connectivity index (χ1n) is 7.76. The van der Waals surface area contributed by atoms with Crippen molar-refractivity contribution in [3.05, 3.63) is 42.2 Å². The number of amides is 1. The van der Waals surface area contributed by atoms with Crippen LogP contribution in [0, 0.1) is 12.8 Å². The normalized spacial score (nSPS) is 17.8. The smallest absolute Gasteiger partial charge is 0.229 e. The molecular formula is C17H20N4O2. The quantitative estimate of drug-likeness (QED) is 0.851. The Hall–Kier alpha value is -2.63. The highest BCUT2D eigenvalue weighted by molar-refractivity contribution is 5.94. The number of nitrogens with one attached hydrogen (secondary N) is 1. The van der Waals surface area contributed by atoms with Crippen LogP contribution in [0.2, 0.25) is 0 Å². The minimum atomic E-state index is -0.145. The van der Waals surface area contributed by atoms with Crippen LogP contribution in [-0.4, -0.2) is 34.1 Å². The number of anilines is 2. The molecule has 1 unspecified atom stereocenters. The van der Waals surface area contributed by atoms with Crippen molar-refractivity contribution in [2.75, 3.05) is 23.3 Å². The summed E-state index contributed by atoms with van der Waals surface area (Å²) in [5.74, 6) is 0.527. The van der Waals surface area contributed by atoms with Gasteiger partial charge in [0.15, 0.2) is 0 Å². The number of aromatic nitrogens is 2. The Labute approximate surface area is 135 Å². The van der Waals surface area contributed by atoms with Crippen LogP contribution in [-0.2, 0) is 4.79 Å². The van der Waals surface area contributed by atoms with Crippen molar-refractivity contribution in [3.63, 3.8) is 0 Å². The third-order valence-electron chi connectivity index (χ3n) is 4.04. The van der Waals surface area contributed by atoms with Crippen molar-refractivity contribution in [2.45, 2.75) is 19.8 Å². The minimum absolute atomic E-state index is 0.0789. The Kier molecular flexibility index (Phi) is 4.41. The summed E-state index contributed by atoms with van der Waals surface area (Å²) in [6.07, 6.45) is 5.14. The van der Waals surface area contributed by atoms with Crippen molar-refractivity contribution >= 4 is 17.5 Å². The van der Waals surface area contributed by atoms with E-state index in [0.29, 0.717) is 18.2 Å². The van der Waals surface area contributed by atoms with Gasteiger partial charge in [0.1, 0.15) is 5.75 Å². The number of phenols is 1. The number of hydrogen-bond acceptors (Lipinski definition) is 5. The van der Waals surface area contributed by atoms with E-state index in [1.54, 1.807) is 30.6 Å². The fourth-order valence-electron chi connectivity index (χ4n) is 2.81. The second-order valence-electron chi connectivity index (χ2n) is 5.84. The maximum absolute atomic E-state index is 12.5. The lowest BCUT2D eigenvalue weighted by atomic mass is 9.97. The maximum Gasteiger partial charge on any atom is 0.229 e. The zero-order chi connectivity index (χ0) is 16.2. The zero-order valence-electron chi connectivity index (χ0n) is 13.1. The van der Waals surface area contributed by atoms with Gasteiger partial charge in [-0.15, -0.1) is 0 Å². The van der Waals surface area contributed by atoms with E-state index in [2.05, 4.69) is 15.3 Å². The SMILES string of the molecule is Cc1ccc(NC(=O)C2CCCN(c3ncccn3)C2)c(O)c1. The molecule has 6 nitrogen and oxygen atoms in total. The summed E-state index contributed by atoms with van der Waals surface area (Å²) in [6, 6.07) is 7.00. The molecule has 0 bridgehead atoms. The topological polar surface area (TPSA) is 78.4 Å². The van der Waals surface area contributed by atoms with Gasteiger partial charge in [0.2, 0.25) is 11.9 Å². The van der Waals surface area contributed by atoms with Crippen molar-refractivity contribution in [2.24, 2.45) is 5.92 Å². The summed E-state index contributed by atoms with van der Waals surface area (Å²) in [5.41, 5.74) is 1.40. The molecule has 3 rings (SSSR count). The third kappa shape index (κ3) is 3.59. The first-order valence-corrected chi connectivity index (χ1v) is 7.76. The van der Waals surface area contributed by atoms with Crippen LogP contribution < -0.4 is 10.2 Å². The number of aromatic hydroxyl groups is 1. The molecule has 1 atom stereocenters.